The molecule has 3 aromatic rings. The number of para-hydroxylation sites is 1. The third-order valence-electron chi connectivity index (χ3n) is 5.27. The van der Waals surface area contributed by atoms with Crippen LogP contribution in [-0.4, -0.2) is 20.3 Å². The highest BCUT2D eigenvalue weighted by Crippen LogP contribution is 2.31. The van der Waals surface area contributed by atoms with Gasteiger partial charge in [0.05, 0.1) is 17.8 Å². The van der Waals surface area contributed by atoms with Crippen molar-refractivity contribution in [3.63, 3.8) is 0 Å². The molecule has 1 aromatic carbocycles. The molecule has 1 N–H and O–H groups in total. The second kappa shape index (κ2) is 6.83. The minimum atomic E-state index is -0.0833. The molecule has 5 heteroatoms. The van der Waals surface area contributed by atoms with Crippen molar-refractivity contribution in [1.82, 2.24) is 14.3 Å². The van der Waals surface area contributed by atoms with Gasteiger partial charge in [0, 0.05) is 23.1 Å². The summed E-state index contributed by atoms with van der Waals surface area (Å²) in [6, 6.07) is 14.4. The van der Waals surface area contributed by atoms with Gasteiger partial charge in [0.25, 0.3) is 5.91 Å². The van der Waals surface area contributed by atoms with Crippen LogP contribution in [-0.2, 0) is 0 Å². The molecule has 2 heterocycles. The Morgan fingerprint density at radius 1 is 1.12 bits per heavy atom. The topological polar surface area (TPSA) is 51.9 Å². The van der Waals surface area contributed by atoms with E-state index in [2.05, 4.69) is 27.1 Å². The molecule has 0 atom stereocenters. The average Bonchev–Trinajstić information content (AvgIpc) is 3.36. The van der Waals surface area contributed by atoms with Gasteiger partial charge in [0.2, 0.25) is 0 Å². The van der Waals surface area contributed by atoms with Crippen LogP contribution in [0.3, 0.4) is 0 Å². The van der Waals surface area contributed by atoms with Gasteiger partial charge < -0.3 is 9.88 Å². The molecule has 0 aliphatic heterocycles. The number of amides is 1. The number of aromatic nitrogens is 3. The van der Waals surface area contributed by atoms with Gasteiger partial charge in [0.1, 0.15) is 5.82 Å². The molecule has 4 rings (SSSR count). The van der Waals surface area contributed by atoms with Crippen molar-refractivity contribution < 1.29 is 4.79 Å². The number of carbonyl (C=O) groups is 1. The number of nitrogens with zero attached hydrogens (tertiary/aromatic N) is 3. The fraction of sp³-hybridized carbons (Fsp3) is 0.333. The largest absolute Gasteiger partial charge is 0.318 e. The smallest absolute Gasteiger partial charge is 0.258 e. The van der Waals surface area contributed by atoms with Gasteiger partial charge in [-0.15, -0.1) is 0 Å². The lowest BCUT2D eigenvalue weighted by Gasteiger charge is -2.15. The van der Waals surface area contributed by atoms with E-state index in [0.717, 1.165) is 35.7 Å². The standard InChI is InChI=1S/C21H24N4O/c1-15-14-19(16(2)24(15)17-8-4-3-5-9-17)21(26)23-20-12-13-22-25(20)18-10-6-7-11-18/h3-5,8-9,12-14,18H,6-7,10-11H2,1-2H3,(H,23,26). The molecule has 2 aromatic heterocycles. The van der Waals surface area contributed by atoms with Crippen LogP contribution in [0.2, 0.25) is 0 Å². The predicted octanol–water partition coefficient (Wildman–Crippen LogP) is 4.66. The lowest BCUT2D eigenvalue weighted by molar-refractivity contribution is 0.102. The Kier molecular flexibility index (Phi) is 4.37. The number of anilines is 1. The van der Waals surface area contributed by atoms with Gasteiger partial charge in [0.15, 0.2) is 0 Å². The van der Waals surface area contributed by atoms with Crippen molar-refractivity contribution >= 4 is 11.7 Å². The molecular formula is C21H24N4O. The number of benzene rings is 1. The fourth-order valence-corrected chi connectivity index (χ4v) is 4.00. The monoisotopic (exact) mass is 348 g/mol. The van der Waals surface area contributed by atoms with E-state index in [-0.39, 0.29) is 5.91 Å². The molecule has 1 aliphatic carbocycles. The summed E-state index contributed by atoms with van der Waals surface area (Å²) in [6.45, 7) is 4.02. The van der Waals surface area contributed by atoms with E-state index in [4.69, 9.17) is 0 Å². The highest BCUT2D eigenvalue weighted by molar-refractivity contribution is 6.05. The summed E-state index contributed by atoms with van der Waals surface area (Å²) in [5.41, 5.74) is 3.75. The van der Waals surface area contributed by atoms with Crippen LogP contribution in [0.15, 0.2) is 48.7 Å². The third kappa shape index (κ3) is 2.94. The Bertz CT molecular complexity index is 917. The Labute approximate surface area is 153 Å². The van der Waals surface area contributed by atoms with Crippen LogP contribution in [0, 0.1) is 13.8 Å². The first-order valence-electron chi connectivity index (χ1n) is 9.24. The lowest BCUT2D eigenvalue weighted by atomic mass is 10.2. The first-order valence-corrected chi connectivity index (χ1v) is 9.24. The number of nitrogens with one attached hydrogen (secondary N) is 1. The molecule has 0 spiro atoms. The number of rotatable bonds is 4. The predicted molar refractivity (Wildman–Crippen MR) is 103 cm³/mol. The first-order chi connectivity index (χ1) is 12.6. The van der Waals surface area contributed by atoms with E-state index in [0.29, 0.717) is 11.6 Å². The van der Waals surface area contributed by atoms with Gasteiger partial charge >= 0.3 is 0 Å². The van der Waals surface area contributed by atoms with Gasteiger partial charge in [-0.3, -0.25) is 4.79 Å². The summed E-state index contributed by atoms with van der Waals surface area (Å²) in [5, 5.41) is 7.50. The van der Waals surface area contributed by atoms with Crippen LogP contribution in [0.4, 0.5) is 5.82 Å². The highest BCUT2D eigenvalue weighted by atomic mass is 16.1. The van der Waals surface area contributed by atoms with E-state index >= 15 is 0 Å². The summed E-state index contributed by atoms with van der Waals surface area (Å²) in [4.78, 5) is 12.9. The molecule has 26 heavy (non-hydrogen) atoms. The molecule has 1 fully saturated rings. The molecule has 0 saturated heterocycles. The number of hydrogen-bond donors (Lipinski definition) is 1. The zero-order chi connectivity index (χ0) is 18.1. The summed E-state index contributed by atoms with van der Waals surface area (Å²) in [5.74, 6) is 0.700. The number of aryl methyl sites for hydroxylation is 1. The first kappa shape index (κ1) is 16.6. The van der Waals surface area contributed by atoms with E-state index in [1.807, 2.05) is 48.9 Å². The zero-order valence-corrected chi connectivity index (χ0v) is 15.3. The average molecular weight is 348 g/mol. The van der Waals surface area contributed by atoms with Crippen molar-refractivity contribution in [3.05, 3.63) is 65.6 Å². The molecule has 134 valence electrons. The number of hydrogen-bond acceptors (Lipinski definition) is 2. The van der Waals surface area contributed by atoms with E-state index < -0.39 is 0 Å². The van der Waals surface area contributed by atoms with E-state index in [9.17, 15) is 4.79 Å². The normalized spacial score (nSPS) is 14.7. The summed E-state index contributed by atoms with van der Waals surface area (Å²) in [6.07, 6.45) is 6.49. The maximum absolute atomic E-state index is 12.9. The van der Waals surface area contributed by atoms with Crippen LogP contribution >= 0.6 is 0 Å². The minimum Gasteiger partial charge on any atom is -0.318 e. The molecular weight excluding hydrogens is 324 g/mol. The maximum Gasteiger partial charge on any atom is 0.258 e. The Hall–Kier alpha value is -2.82. The van der Waals surface area contributed by atoms with Gasteiger partial charge in [-0.1, -0.05) is 31.0 Å². The lowest BCUT2D eigenvalue weighted by Crippen LogP contribution is -2.18. The van der Waals surface area contributed by atoms with E-state index in [1.54, 1.807) is 6.20 Å². The maximum atomic E-state index is 12.9. The molecule has 0 unspecified atom stereocenters. The van der Waals surface area contributed by atoms with Crippen molar-refractivity contribution in [2.24, 2.45) is 0 Å². The highest BCUT2D eigenvalue weighted by Gasteiger charge is 2.22. The van der Waals surface area contributed by atoms with Crippen molar-refractivity contribution in [3.8, 4) is 5.69 Å². The Balaban J connectivity index is 1.61. The van der Waals surface area contributed by atoms with Crippen LogP contribution in [0.1, 0.15) is 53.5 Å². The van der Waals surface area contributed by atoms with Crippen molar-refractivity contribution in [2.75, 3.05) is 5.32 Å². The molecule has 1 saturated carbocycles. The molecule has 0 bridgehead atoms. The van der Waals surface area contributed by atoms with Gasteiger partial charge in [-0.2, -0.15) is 5.10 Å². The number of carbonyl (C=O) groups excluding carboxylic acids is 1. The van der Waals surface area contributed by atoms with E-state index in [1.165, 1.54) is 12.8 Å². The minimum absolute atomic E-state index is 0.0833. The second-order valence-electron chi connectivity index (χ2n) is 7.01. The van der Waals surface area contributed by atoms with Crippen molar-refractivity contribution in [1.29, 1.82) is 0 Å². The summed E-state index contributed by atoms with van der Waals surface area (Å²) >= 11 is 0. The van der Waals surface area contributed by atoms with Gasteiger partial charge in [-0.05, 0) is 44.9 Å². The Morgan fingerprint density at radius 3 is 2.58 bits per heavy atom. The SMILES string of the molecule is Cc1cc(C(=O)Nc2ccnn2C2CCCC2)c(C)n1-c1ccccc1. The molecule has 0 radical (unpaired) electrons. The van der Waals surface area contributed by atoms with Crippen LogP contribution in [0.25, 0.3) is 5.69 Å². The third-order valence-corrected chi connectivity index (χ3v) is 5.27. The van der Waals surface area contributed by atoms with Gasteiger partial charge in [-0.25, -0.2) is 4.68 Å². The fourth-order valence-electron chi connectivity index (χ4n) is 4.00. The summed E-state index contributed by atoms with van der Waals surface area (Å²) < 4.78 is 4.09. The summed E-state index contributed by atoms with van der Waals surface area (Å²) in [7, 11) is 0. The molecule has 5 nitrogen and oxygen atoms in total. The van der Waals surface area contributed by atoms with Crippen LogP contribution in [0.5, 0.6) is 0 Å². The quantitative estimate of drug-likeness (QED) is 0.745. The second-order valence-corrected chi connectivity index (χ2v) is 7.01. The van der Waals surface area contributed by atoms with Crippen molar-refractivity contribution in [2.45, 2.75) is 45.6 Å². The Morgan fingerprint density at radius 2 is 1.85 bits per heavy atom. The molecule has 1 amide bonds. The molecule has 1 aliphatic rings. The van der Waals surface area contributed by atoms with Crippen LogP contribution < -0.4 is 5.32 Å². The zero-order valence-electron chi connectivity index (χ0n) is 15.3.